The van der Waals surface area contributed by atoms with E-state index in [-0.39, 0.29) is 11.3 Å². The molecule has 2 atom stereocenters. The Labute approximate surface area is 134 Å². The van der Waals surface area contributed by atoms with Crippen molar-refractivity contribution >= 4 is 46.4 Å². The summed E-state index contributed by atoms with van der Waals surface area (Å²) in [6.07, 6.45) is -1.33. The molecule has 21 heavy (non-hydrogen) atoms. The SMILES string of the molecule is O=C(N[C@H](CO)[C@H](O)c1ccc([N+](=O)[O-])cc1)C(Cl)(Cl)Cl. The summed E-state index contributed by atoms with van der Waals surface area (Å²) in [5.41, 5.74) is 0.0982. The Hall–Kier alpha value is -1.12. The topological polar surface area (TPSA) is 113 Å². The number of halogens is 3. The average Bonchev–Trinajstić information content (AvgIpc) is 2.42. The molecule has 0 aliphatic heterocycles. The predicted molar refractivity (Wildman–Crippen MR) is 77.4 cm³/mol. The van der Waals surface area contributed by atoms with Crippen molar-refractivity contribution < 1.29 is 19.9 Å². The van der Waals surface area contributed by atoms with Crippen molar-refractivity contribution in [1.29, 1.82) is 0 Å². The molecular weight excluding hydrogens is 346 g/mol. The first-order valence-corrected chi connectivity index (χ1v) is 6.71. The number of benzene rings is 1. The van der Waals surface area contributed by atoms with Gasteiger partial charge in [-0.2, -0.15) is 0 Å². The van der Waals surface area contributed by atoms with Crippen LogP contribution in [0.25, 0.3) is 0 Å². The number of carbonyl (C=O) groups excluding carboxylic acids is 1. The van der Waals surface area contributed by atoms with Gasteiger partial charge in [-0.1, -0.05) is 34.8 Å². The van der Waals surface area contributed by atoms with E-state index in [9.17, 15) is 25.1 Å². The second kappa shape index (κ2) is 7.24. The quantitative estimate of drug-likeness (QED) is 0.420. The summed E-state index contributed by atoms with van der Waals surface area (Å²) in [5, 5.41) is 32.0. The summed E-state index contributed by atoms with van der Waals surface area (Å²) in [6.45, 7) is -0.620. The van der Waals surface area contributed by atoms with Gasteiger partial charge in [0.25, 0.3) is 15.4 Å². The molecular formula is C11H11Cl3N2O5. The van der Waals surface area contributed by atoms with Crippen LogP contribution in [0.2, 0.25) is 0 Å². The molecule has 0 fully saturated rings. The van der Waals surface area contributed by atoms with Crippen LogP contribution in [-0.4, -0.2) is 37.5 Å². The van der Waals surface area contributed by atoms with E-state index in [1.165, 1.54) is 24.3 Å². The summed E-state index contributed by atoms with van der Waals surface area (Å²) < 4.78 is -2.23. The molecule has 1 aromatic rings. The van der Waals surface area contributed by atoms with Gasteiger partial charge in [-0.3, -0.25) is 14.9 Å². The molecule has 1 aromatic carbocycles. The summed E-state index contributed by atoms with van der Waals surface area (Å²) in [6, 6.07) is 3.84. The Bertz CT molecular complexity index is 518. The van der Waals surface area contributed by atoms with Gasteiger partial charge in [-0.25, -0.2) is 0 Å². The number of nitrogens with one attached hydrogen (secondary N) is 1. The van der Waals surface area contributed by atoms with Crippen LogP contribution < -0.4 is 5.32 Å². The number of carbonyl (C=O) groups is 1. The fourth-order valence-electron chi connectivity index (χ4n) is 1.50. The van der Waals surface area contributed by atoms with Gasteiger partial charge < -0.3 is 15.5 Å². The van der Waals surface area contributed by atoms with E-state index in [1.54, 1.807) is 0 Å². The van der Waals surface area contributed by atoms with Crippen LogP contribution in [0.3, 0.4) is 0 Å². The second-order valence-electron chi connectivity index (χ2n) is 4.05. The van der Waals surface area contributed by atoms with E-state index in [1.807, 2.05) is 0 Å². The van der Waals surface area contributed by atoms with Crippen molar-refractivity contribution in [2.75, 3.05) is 6.61 Å². The Kier molecular flexibility index (Phi) is 6.18. The number of aliphatic hydroxyl groups excluding tert-OH is 2. The zero-order valence-electron chi connectivity index (χ0n) is 10.4. The van der Waals surface area contributed by atoms with E-state index < -0.39 is 33.4 Å². The summed E-state index contributed by atoms with van der Waals surface area (Å²) in [4.78, 5) is 21.4. The molecule has 0 aliphatic carbocycles. The number of rotatable bonds is 5. The fraction of sp³-hybridized carbons (Fsp3) is 0.364. The molecule has 10 heteroatoms. The highest BCUT2D eigenvalue weighted by molar-refractivity contribution is 6.76. The zero-order valence-corrected chi connectivity index (χ0v) is 12.6. The summed E-state index contributed by atoms with van der Waals surface area (Å²) >= 11 is 16.1. The lowest BCUT2D eigenvalue weighted by molar-refractivity contribution is -0.384. The van der Waals surface area contributed by atoms with Crippen molar-refractivity contribution in [3.8, 4) is 0 Å². The zero-order chi connectivity index (χ0) is 16.2. The smallest absolute Gasteiger partial charge is 0.272 e. The number of nitrogens with zero attached hydrogens (tertiary/aromatic N) is 1. The molecule has 3 N–H and O–H groups in total. The number of nitro benzene ring substituents is 1. The van der Waals surface area contributed by atoms with E-state index >= 15 is 0 Å². The number of nitro groups is 1. The third kappa shape index (κ3) is 4.98. The molecule has 0 heterocycles. The van der Waals surface area contributed by atoms with E-state index in [0.29, 0.717) is 0 Å². The van der Waals surface area contributed by atoms with Gasteiger partial charge in [0.2, 0.25) is 0 Å². The predicted octanol–water partition coefficient (Wildman–Crippen LogP) is 1.48. The van der Waals surface area contributed by atoms with Crippen molar-refractivity contribution in [1.82, 2.24) is 5.32 Å². The molecule has 0 saturated heterocycles. The van der Waals surface area contributed by atoms with Gasteiger partial charge in [0.1, 0.15) is 6.10 Å². The molecule has 0 aromatic heterocycles. The number of hydrogen-bond acceptors (Lipinski definition) is 5. The minimum absolute atomic E-state index is 0.156. The Morgan fingerprint density at radius 3 is 2.24 bits per heavy atom. The number of aliphatic hydroxyl groups is 2. The largest absolute Gasteiger partial charge is 0.394 e. The maximum absolute atomic E-state index is 11.5. The fourth-order valence-corrected chi connectivity index (χ4v) is 1.66. The first-order chi connectivity index (χ1) is 9.66. The molecule has 7 nitrogen and oxygen atoms in total. The molecule has 1 amide bonds. The lowest BCUT2D eigenvalue weighted by Gasteiger charge is -2.24. The van der Waals surface area contributed by atoms with Crippen LogP contribution >= 0.6 is 34.8 Å². The lowest BCUT2D eigenvalue weighted by Crippen LogP contribution is -2.46. The second-order valence-corrected chi connectivity index (χ2v) is 6.33. The summed E-state index contributed by atoms with van der Waals surface area (Å²) in [5.74, 6) is -1.01. The average molecular weight is 358 g/mol. The Morgan fingerprint density at radius 2 is 1.86 bits per heavy atom. The molecule has 0 bridgehead atoms. The van der Waals surface area contributed by atoms with Gasteiger partial charge in [0, 0.05) is 12.1 Å². The number of alkyl halides is 3. The summed E-state index contributed by atoms with van der Waals surface area (Å²) in [7, 11) is 0. The molecule has 1 rings (SSSR count). The van der Waals surface area contributed by atoms with Gasteiger partial charge in [0.05, 0.1) is 17.6 Å². The first kappa shape index (κ1) is 17.9. The minimum atomic E-state index is -2.23. The molecule has 0 saturated carbocycles. The van der Waals surface area contributed by atoms with Gasteiger partial charge >= 0.3 is 0 Å². The van der Waals surface area contributed by atoms with Crippen LogP contribution in [0.5, 0.6) is 0 Å². The minimum Gasteiger partial charge on any atom is -0.394 e. The molecule has 0 spiro atoms. The number of amides is 1. The van der Waals surface area contributed by atoms with Gasteiger partial charge in [0.15, 0.2) is 0 Å². The maximum atomic E-state index is 11.5. The van der Waals surface area contributed by atoms with E-state index in [4.69, 9.17) is 34.8 Å². The standard InChI is InChI=1S/C11H11Cl3N2O5/c12-11(13,14)10(19)15-8(5-17)9(18)6-1-3-7(4-2-6)16(20)21/h1-4,8-9,17-18H,5H2,(H,15,19)/t8-,9-/m1/s1. The van der Waals surface area contributed by atoms with Crippen LogP contribution in [0.15, 0.2) is 24.3 Å². The molecule has 0 unspecified atom stereocenters. The molecule has 116 valence electrons. The van der Waals surface area contributed by atoms with E-state index in [0.717, 1.165) is 0 Å². The number of non-ortho nitro benzene ring substituents is 1. The third-order valence-electron chi connectivity index (χ3n) is 2.60. The third-order valence-corrected chi connectivity index (χ3v) is 3.11. The Morgan fingerprint density at radius 1 is 1.33 bits per heavy atom. The van der Waals surface area contributed by atoms with Crippen molar-refractivity contribution in [3.63, 3.8) is 0 Å². The van der Waals surface area contributed by atoms with Crippen LogP contribution in [-0.2, 0) is 4.79 Å². The highest BCUT2D eigenvalue weighted by Crippen LogP contribution is 2.27. The Balaban J connectivity index is 2.85. The van der Waals surface area contributed by atoms with Crippen LogP contribution in [0.1, 0.15) is 11.7 Å². The maximum Gasteiger partial charge on any atom is 0.272 e. The monoisotopic (exact) mass is 356 g/mol. The van der Waals surface area contributed by atoms with Crippen molar-refractivity contribution in [2.24, 2.45) is 0 Å². The van der Waals surface area contributed by atoms with Crippen molar-refractivity contribution in [2.45, 2.75) is 15.9 Å². The first-order valence-electron chi connectivity index (χ1n) is 5.57. The van der Waals surface area contributed by atoms with Crippen LogP contribution in [0.4, 0.5) is 5.69 Å². The van der Waals surface area contributed by atoms with Crippen molar-refractivity contribution in [3.05, 3.63) is 39.9 Å². The normalized spacial score (nSPS) is 14.3. The van der Waals surface area contributed by atoms with Gasteiger partial charge in [-0.05, 0) is 17.7 Å². The highest BCUT2D eigenvalue weighted by atomic mass is 35.6. The van der Waals surface area contributed by atoms with Crippen LogP contribution in [0, 0.1) is 10.1 Å². The lowest BCUT2D eigenvalue weighted by atomic mass is 10.0. The van der Waals surface area contributed by atoms with E-state index in [2.05, 4.69) is 5.32 Å². The highest BCUT2D eigenvalue weighted by Gasteiger charge is 2.34. The van der Waals surface area contributed by atoms with Gasteiger partial charge in [-0.15, -0.1) is 0 Å². The molecule has 0 aliphatic rings. The number of hydrogen-bond donors (Lipinski definition) is 3. The molecule has 0 radical (unpaired) electrons.